The predicted molar refractivity (Wildman–Crippen MR) is 181 cm³/mol. The largest absolute Gasteiger partial charge is 0.504 e. The van der Waals surface area contributed by atoms with E-state index in [1.165, 1.54) is 6.08 Å². The van der Waals surface area contributed by atoms with Gasteiger partial charge >= 0.3 is 0 Å². The number of anilines is 2. The Labute approximate surface area is 287 Å². The molecule has 1 saturated heterocycles. The predicted octanol–water partition coefficient (Wildman–Crippen LogP) is 8.53. The zero-order valence-corrected chi connectivity index (χ0v) is 28.8. The molecule has 1 aromatic carbocycles. The van der Waals surface area contributed by atoms with Crippen molar-refractivity contribution in [3.8, 4) is 23.1 Å². The Morgan fingerprint density at radius 2 is 1.83 bits per heavy atom. The molecular formula is C33H31Cl4FN6O2. The van der Waals surface area contributed by atoms with E-state index in [2.05, 4.69) is 22.5 Å². The van der Waals surface area contributed by atoms with Crippen molar-refractivity contribution >= 4 is 69.5 Å². The highest BCUT2D eigenvalue weighted by atomic mass is 35.5. The first-order chi connectivity index (χ1) is 21.7. The fourth-order valence-electron chi connectivity index (χ4n) is 6.36. The summed E-state index contributed by atoms with van der Waals surface area (Å²) in [7, 11) is 0. The average molecular weight is 704 g/mol. The third-order valence-electron chi connectivity index (χ3n) is 8.32. The van der Waals surface area contributed by atoms with E-state index in [0.29, 0.717) is 35.7 Å². The van der Waals surface area contributed by atoms with E-state index in [4.69, 9.17) is 51.4 Å². The topological polar surface area (TPSA) is 96.6 Å². The second kappa shape index (κ2) is 12.9. The van der Waals surface area contributed by atoms with Crippen molar-refractivity contribution in [3.05, 3.63) is 79.3 Å². The maximum atomic E-state index is 15.7. The minimum Gasteiger partial charge on any atom is -0.504 e. The molecule has 0 unspecified atom stereocenters. The molecule has 3 aromatic rings. The molecule has 0 aliphatic carbocycles. The Morgan fingerprint density at radius 3 is 2.41 bits per heavy atom. The number of halogens is 5. The Morgan fingerprint density at radius 1 is 1.17 bits per heavy atom. The van der Waals surface area contributed by atoms with Gasteiger partial charge in [0.2, 0.25) is 5.91 Å². The molecular weight excluding hydrogens is 673 g/mol. The highest BCUT2D eigenvalue weighted by Crippen LogP contribution is 2.50. The smallest absolute Gasteiger partial charge is 0.246 e. The summed E-state index contributed by atoms with van der Waals surface area (Å²) in [6.07, 6.45) is 3.03. The summed E-state index contributed by atoms with van der Waals surface area (Å²) < 4.78 is 15.7. The highest BCUT2D eigenvalue weighted by Gasteiger charge is 2.39. The lowest BCUT2D eigenvalue weighted by Gasteiger charge is -2.47. The fourth-order valence-corrected chi connectivity index (χ4v) is 7.28. The number of hydrogen-bond acceptors (Lipinski definition) is 7. The molecule has 1 N–H and O–H groups in total. The van der Waals surface area contributed by atoms with Crippen molar-refractivity contribution in [3.63, 3.8) is 0 Å². The number of carbonyl (C=O) groups is 1. The van der Waals surface area contributed by atoms with Gasteiger partial charge < -0.3 is 19.8 Å². The Kier molecular flexibility index (Phi) is 9.49. The van der Waals surface area contributed by atoms with Crippen LogP contribution in [0.5, 0.6) is 5.75 Å². The molecule has 240 valence electrons. The Balaban J connectivity index is 1.80. The van der Waals surface area contributed by atoms with Crippen molar-refractivity contribution < 1.29 is 14.3 Å². The molecule has 8 nitrogen and oxygen atoms in total. The van der Waals surface area contributed by atoms with Gasteiger partial charge in [-0.25, -0.2) is 9.37 Å². The molecule has 0 saturated carbocycles. The molecule has 1 fully saturated rings. The van der Waals surface area contributed by atoms with Crippen molar-refractivity contribution in [2.24, 2.45) is 0 Å². The van der Waals surface area contributed by atoms with Gasteiger partial charge in [0.05, 0.1) is 61.6 Å². The number of benzene rings is 1. The molecule has 13 heteroatoms. The molecule has 0 spiro atoms. The van der Waals surface area contributed by atoms with Crippen LogP contribution in [0.4, 0.5) is 15.9 Å². The monoisotopic (exact) mass is 702 g/mol. The van der Waals surface area contributed by atoms with E-state index < -0.39 is 16.6 Å². The van der Waals surface area contributed by atoms with Crippen LogP contribution in [0.2, 0.25) is 20.1 Å². The molecule has 5 rings (SSSR count). The Bertz CT molecular complexity index is 1820. The van der Waals surface area contributed by atoms with E-state index in [1.807, 2.05) is 45.6 Å². The number of piperazine rings is 1. The van der Waals surface area contributed by atoms with Crippen LogP contribution < -0.4 is 4.90 Å². The van der Waals surface area contributed by atoms with E-state index in [-0.39, 0.29) is 56.8 Å². The number of nitriles is 1. The van der Waals surface area contributed by atoms with Gasteiger partial charge in [0.25, 0.3) is 0 Å². The minimum absolute atomic E-state index is 0.00235. The molecule has 2 aliphatic heterocycles. The second-order valence-corrected chi connectivity index (χ2v) is 13.3. The van der Waals surface area contributed by atoms with Crippen LogP contribution in [0.1, 0.15) is 50.4 Å². The normalized spacial score (nSPS) is 18.2. The number of aromatic nitrogens is 2. The van der Waals surface area contributed by atoms with Crippen molar-refractivity contribution in [1.29, 1.82) is 5.26 Å². The quantitative estimate of drug-likeness (QED) is 0.162. The van der Waals surface area contributed by atoms with E-state index >= 15 is 4.39 Å². The first-order valence-electron chi connectivity index (χ1n) is 14.5. The van der Waals surface area contributed by atoms with Gasteiger partial charge in [0.15, 0.2) is 11.6 Å². The maximum absolute atomic E-state index is 15.7. The molecule has 0 bridgehead atoms. The van der Waals surface area contributed by atoms with Crippen LogP contribution in [-0.2, 0) is 4.79 Å². The van der Waals surface area contributed by atoms with Gasteiger partial charge in [0.1, 0.15) is 10.8 Å². The summed E-state index contributed by atoms with van der Waals surface area (Å²) in [5.41, 5.74) is 3.61. The fraction of sp³-hybridized carbons (Fsp3) is 0.333. The molecule has 2 aliphatic rings. The van der Waals surface area contributed by atoms with Crippen molar-refractivity contribution in [2.45, 2.75) is 52.6 Å². The van der Waals surface area contributed by atoms with Crippen LogP contribution in [-0.4, -0.2) is 62.5 Å². The summed E-state index contributed by atoms with van der Waals surface area (Å²) in [6.45, 7) is 14.5. The number of pyridine rings is 2. The van der Waals surface area contributed by atoms with Gasteiger partial charge in [-0.1, -0.05) is 66.8 Å². The lowest BCUT2D eigenvalue weighted by molar-refractivity contribution is -0.132. The summed E-state index contributed by atoms with van der Waals surface area (Å²) >= 11 is 25.7. The lowest BCUT2D eigenvalue weighted by Crippen LogP contribution is -2.58. The Hall–Kier alpha value is -3.55. The standard InChI is InChI=1S/C33H31Cl4FN6O2/c1-7-22(45)44-17(5)12-42(13-18(44)6)31-19(11-39)14-43(30-16(4)8-9-40-28(30)15(2)3)33-20(31)10-21(34)29(41-33)23-24(35)25(36)26(37)32(46)27(23)38/h7-10,15,17-18,46H,1,12-14H2,2-6H3/t17-,18+. The summed E-state index contributed by atoms with van der Waals surface area (Å²) in [4.78, 5) is 27.9. The number of aryl methyl sites for hydroxylation is 1. The zero-order chi connectivity index (χ0) is 33.8. The van der Waals surface area contributed by atoms with Crippen LogP contribution in [0.3, 0.4) is 0 Å². The zero-order valence-electron chi connectivity index (χ0n) is 25.8. The molecule has 2 atom stereocenters. The van der Waals surface area contributed by atoms with Gasteiger partial charge in [0, 0.05) is 36.9 Å². The number of hydrogen-bond donors (Lipinski definition) is 1. The molecule has 46 heavy (non-hydrogen) atoms. The molecule has 4 heterocycles. The maximum Gasteiger partial charge on any atom is 0.246 e. The molecule has 1 amide bonds. The number of carbonyl (C=O) groups excluding carboxylic acids is 1. The third-order valence-corrected chi connectivity index (χ3v) is 9.92. The molecule has 0 radical (unpaired) electrons. The van der Waals surface area contributed by atoms with Gasteiger partial charge in [-0.2, -0.15) is 5.26 Å². The number of aromatic hydroxyl groups is 1. The van der Waals surface area contributed by atoms with Gasteiger partial charge in [-0.15, -0.1) is 0 Å². The van der Waals surface area contributed by atoms with Crippen LogP contribution in [0.25, 0.3) is 17.0 Å². The van der Waals surface area contributed by atoms with Crippen molar-refractivity contribution in [1.82, 2.24) is 19.8 Å². The van der Waals surface area contributed by atoms with Gasteiger partial charge in [-0.05, 0) is 50.5 Å². The van der Waals surface area contributed by atoms with Crippen LogP contribution in [0.15, 0.2) is 36.6 Å². The van der Waals surface area contributed by atoms with Crippen molar-refractivity contribution in [2.75, 3.05) is 24.5 Å². The first kappa shape index (κ1) is 33.8. The SMILES string of the molecule is C=CC(=O)N1[C@H](C)CN(C2=C(C#N)CN(c3c(C)ccnc3C(C)C)c3nc(-c4c(F)c(O)c(Cl)c(Cl)c4Cl)c(Cl)cc32)C[C@@H]1C. The number of phenolic OH excluding ortho intramolecular Hbond substituents is 1. The van der Waals surface area contributed by atoms with E-state index in [1.54, 1.807) is 17.2 Å². The number of fused-ring (bicyclic) bond motifs is 1. The first-order valence-corrected chi connectivity index (χ1v) is 16.1. The number of rotatable bonds is 5. The summed E-state index contributed by atoms with van der Waals surface area (Å²) in [6, 6.07) is 5.48. The van der Waals surface area contributed by atoms with Crippen LogP contribution >= 0.6 is 46.4 Å². The minimum atomic E-state index is -1.13. The van der Waals surface area contributed by atoms with Gasteiger partial charge in [-0.3, -0.25) is 9.78 Å². The number of nitrogens with zero attached hydrogens (tertiary/aromatic N) is 6. The van der Waals surface area contributed by atoms with Crippen LogP contribution in [0, 0.1) is 24.1 Å². The average Bonchev–Trinajstić information content (AvgIpc) is 3.01. The summed E-state index contributed by atoms with van der Waals surface area (Å²) in [5, 5.41) is 20.1. The lowest BCUT2D eigenvalue weighted by atomic mass is 9.95. The highest BCUT2D eigenvalue weighted by molar-refractivity contribution is 6.50. The molecule has 2 aromatic heterocycles. The second-order valence-electron chi connectivity index (χ2n) is 11.8. The van der Waals surface area contributed by atoms with E-state index in [9.17, 15) is 15.2 Å². The number of phenols is 1. The van der Waals surface area contributed by atoms with E-state index in [0.717, 1.165) is 16.9 Å². The summed E-state index contributed by atoms with van der Waals surface area (Å²) in [5.74, 6) is -1.80. The third kappa shape index (κ3) is 5.56. The number of amides is 1.